The van der Waals surface area contributed by atoms with Crippen LogP contribution in [0.4, 0.5) is 0 Å². The predicted molar refractivity (Wildman–Crippen MR) is 105 cm³/mol. The van der Waals surface area contributed by atoms with E-state index in [1.807, 2.05) is 18.7 Å². The highest BCUT2D eigenvalue weighted by atomic mass is 79.9. The number of nitrogens with zero attached hydrogens (tertiary/aromatic N) is 2. The highest BCUT2D eigenvalue weighted by molar-refractivity contribution is 9.11. The summed E-state index contributed by atoms with van der Waals surface area (Å²) in [6.45, 7) is 6.12. The smallest absolute Gasteiger partial charge is 0.244 e. The largest absolute Gasteiger partial charge is 0.353 e. The molecule has 0 aliphatic carbocycles. The van der Waals surface area contributed by atoms with E-state index in [9.17, 15) is 13.2 Å². The normalized spacial score (nSPS) is 18.1. The number of hydrogen-bond donors (Lipinski definition) is 1. The first kappa shape index (κ1) is 20.8. The van der Waals surface area contributed by atoms with E-state index in [1.165, 1.54) is 4.31 Å². The van der Waals surface area contributed by atoms with E-state index in [2.05, 4.69) is 37.2 Å². The quantitative estimate of drug-likeness (QED) is 0.656. The van der Waals surface area contributed by atoms with Crippen LogP contribution in [0.2, 0.25) is 0 Å². The SMILES string of the molecule is CCC(C)NC(=O)CN1CCN(S(=O)(=O)c2cc(Br)ccc2Br)CC1. The fraction of sp³-hybridized carbons (Fsp3) is 0.562. The molecule has 1 aromatic rings. The van der Waals surface area contributed by atoms with Crippen molar-refractivity contribution in [1.82, 2.24) is 14.5 Å². The van der Waals surface area contributed by atoms with Crippen LogP contribution in [0.5, 0.6) is 0 Å². The van der Waals surface area contributed by atoms with E-state index in [-0.39, 0.29) is 16.8 Å². The van der Waals surface area contributed by atoms with E-state index >= 15 is 0 Å². The molecule has 6 nitrogen and oxygen atoms in total. The molecular formula is C16H23Br2N3O3S. The van der Waals surface area contributed by atoms with Crippen molar-refractivity contribution in [3.05, 3.63) is 27.1 Å². The minimum absolute atomic E-state index is 0.0135. The minimum Gasteiger partial charge on any atom is -0.353 e. The molecule has 0 spiro atoms. The summed E-state index contributed by atoms with van der Waals surface area (Å²) in [5.41, 5.74) is 0. The van der Waals surface area contributed by atoms with Crippen molar-refractivity contribution in [2.45, 2.75) is 31.2 Å². The topological polar surface area (TPSA) is 69.7 Å². The van der Waals surface area contributed by atoms with Crippen LogP contribution in [-0.4, -0.2) is 62.3 Å². The van der Waals surface area contributed by atoms with E-state index in [4.69, 9.17) is 0 Å². The summed E-state index contributed by atoms with van der Waals surface area (Å²) in [7, 11) is -3.56. The second-order valence-corrected chi connectivity index (χ2v) is 9.81. The van der Waals surface area contributed by atoms with Crippen LogP contribution in [0.1, 0.15) is 20.3 Å². The Morgan fingerprint density at radius 1 is 1.24 bits per heavy atom. The third-order valence-electron chi connectivity index (χ3n) is 4.23. The molecule has 0 aromatic heterocycles. The van der Waals surface area contributed by atoms with Crippen LogP contribution in [0.25, 0.3) is 0 Å². The van der Waals surface area contributed by atoms with Gasteiger partial charge in [0.2, 0.25) is 15.9 Å². The summed E-state index contributed by atoms with van der Waals surface area (Å²) < 4.78 is 28.4. The summed E-state index contributed by atoms with van der Waals surface area (Å²) in [6.07, 6.45) is 0.888. The van der Waals surface area contributed by atoms with E-state index < -0.39 is 10.0 Å². The van der Waals surface area contributed by atoms with Crippen molar-refractivity contribution in [2.75, 3.05) is 32.7 Å². The van der Waals surface area contributed by atoms with Gasteiger partial charge >= 0.3 is 0 Å². The molecule has 140 valence electrons. The van der Waals surface area contributed by atoms with Crippen molar-refractivity contribution in [3.63, 3.8) is 0 Å². The lowest BCUT2D eigenvalue weighted by atomic mass is 10.2. The lowest BCUT2D eigenvalue weighted by Gasteiger charge is -2.33. The Labute approximate surface area is 166 Å². The van der Waals surface area contributed by atoms with E-state index in [1.54, 1.807) is 18.2 Å². The van der Waals surface area contributed by atoms with Crippen LogP contribution >= 0.6 is 31.9 Å². The van der Waals surface area contributed by atoms with Gasteiger partial charge in [-0.15, -0.1) is 0 Å². The predicted octanol–water partition coefficient (Wildman–Crippen LogP) is 2.43. The molecule has 1 aliphatic rings. The number of amides is 1. The summed E-state index contributed by atoms with van der Waals surface area (Å²) in [5, 5.41) is 2.93. The number of halogens is 2. The van der Waals surface area contributed by atoms with Gasteiger partial charge in [0.05, 0.1) is 11.4 Å². The van der Waals surface area contributed by atoms with Gasteiger partial charge < -0.3 is 5.32 Å². The standard InChI is InChI=1S/C16H23Br2N3O3S/c1-3-12(2)19-16(22)11-20-6-8-21(9-7-20)25(23,24)15-10-13(17)4-5-14(15)18/h4-5,10,12H,3,6-9,11H2,1-2H3,(H,19,22). The van der Waals surface area contributed by atoms with E-state index in [0.717, 1.165) is 10.9 Å². The molecule has 25 heavy (non-hydrogen) atoms. The molecule has 1 N–H and O–H groups in total. The first-order chi connectivity index (χ1) is 11.7. The fourth-order valence-electron chi connectivity index (χ4n) is 2.57. The van der Waals surface area contributed by atoms with Crippen molar-refractivity contribution in [1.29, 1.82) is 0 Å². The molecule has 1 amide bonds. The summed E-state index contributed by atoms with van der Waals surface area (Å²) in [6, 6.07) is 5.26. The van der Waals surface area contributed by atoms with Gasteiger partial charge in [-0.3, -0.25) is 9.69 Å². The molecule has 0 saturated carbocycles. The number of nitrogens with one attached hydrogen (secondary N) is 1. The molecule has 1 unspecified atom stereocenters. The van der Waals surface area contributed by atoms with Crippen molar-refractivity contribution < 1.29 is 13.2 Å². The highest BCUT2D eigenvalue weighted by Gasteiger charge is 2.30. The Bertz CT molecular complexity index is 719. The van der Waals surface area contributed by atoms with Gasteiger partial charge in [-0.05, 0) is 47.5 Å². The zero-order chi connectivity index (χ0) is 18.6. The van der Waals surface area contributed by atoms with Crippen molar-refractivity contribution in [2.24, 2.45) is 0 Å². The Morgan fingerprint density at radius 2 is 1.88 bits per heavy atom. The molecule has 1 aromatic carbocycles. The molecule has 1 heterocycles. The third kappa shape index (κ3) is 5.50. The second-order valence-electron chi connectivity index (χ2n) is 6.13. The number of benzene rings is 1. The molecule has 0 radical (unpaired) electrons. The summed E-state index contributed by atoms with van der Waals surface area (Å²) in [5.74, 6) is -0.0135. The van der Waals surface area contributed by atoms with Gasteiger partial charge in [-0.25, -0.2) is 8.42 Å². The molecule has 1 atom stereocenters. The Kier molecular flexibility index (Phi) is 7.45. The number of carbonyl (C=O) groups is 1. The zero-order valence-corrected chi connectivity index (χ0v) is 18.3. The number of carbonyl (C=O) groups excluding carboxylic acids is 1. The van der Waals surface area contributed by atoms with Gasteiger partial charge in [-0.2, -0.15) is 4.31 Å². The van der Waals surface area contributed by atoms with Crippen LogP contribution in [0, 0.1) is 0 Å². The molecule has 2 rings (SSSR count). The third-order valence-corrected chi connectivity index (χ3v) is 7.62. The molecule has 1 fully saturated rings. The van der Waals surface area contributed by atoms with Crippen molar-refractivity contribution in [3.8, 4) is 0 Å². The Balaban J connectivity index is 1.97. The first-order valence-electron chi connectivity index (χ1n) is 8.21. The average Bonchev–Trinajstić information content (AvgIpc) is 2.57. The molecule has 1 saturated heterocycles. The maximum Gasteiger partial charge on any atom is 0.244 e. The monoisotopic (exact) mass is 495 g/mol. The number of hydrogen-bond acceptors (Lipinski definition) is 4. The molecule has 1 aliphatic heterocycles. The highest BCUT2D eigenvalue weighted by Crippen LogP contribution is 2.28. The van der Waals surface area contributed by atoms with Gasteiger partial charge in [-0.1, -0.05) is 22.9 Å². The first-order valence-corrected chi connectivity index (χ1v) is 11.2. The lowest BCUT2D eigenvalue weighted by Crippen LogP contribution is -2.51. The zero-order valence-electron chi connectivity index (χ0n) is 14.3. The number of piperazine rings is 1. The number of rotatable bonds is 6. The summed E-state index contributed by atoms with van der Waals surface area (Å²) >= 11 is 6.64. The molecular weight excluding hydrogens is 474 g/mol. The van der Waals surface area contributed by atoms with Crippen LogP contribution in [-0.2, 0) is 14.8 Å². The van der Waals surface area contributed by atoms with Crippen LogP contribution in [0.3, 0.4) is 0 Å². The molecule has 0 bridgehead atoms. The number of sulfonamides is 1. The lowest BCUT2D eigenvalue weighted by molar-refractivity contribution is -0.123. The average molecular weight is 497 g/mol. The van der Waals surface area contributed by atoms with E-state index in [0.29, 0.717) is 37.2 Å². The maximum atomic E-state index is 12.9. The van der Waals surface area contributed by atoms with Crippen LogP contribution < -0.4 is 5.32 Å². The van der Waals surface area contributed by atoms with Gasteiger partial charge in [0, 0.05) is 41.2 Å². The van der Waals surface area contributed by atoms with Crippen molar-refractivity contribution >= 4 is 47.8 Å². The minimum atomic E-state index is -3.56. The Morgan fingerprint density at radius 3 is 2.48 bits per heavy atom. The maximum absolute atomic E-state index is 12.9. The van der Waals surface area contributed by atoms with Gasteiger partial charge in [0.25, 0.3) is 0 Å². The second kappa shape index (κ2) is 8.94. The Hall–Kier alpha value is -0.480. The van der Waals surface area contributed by atoms with Crippen LogP contribution in [0.15, 0.2) is 32.0 Å². The summed E-state index contributed by atoms with van der Waals surface area (Å²) in [4.78, 5) is 14.2. The van der Waals surface area contributed by atoms with Gasteiger partial charge in [0.15, 0.2) is 0 Å². The fourth-order valence-corrected chi connectivity index (χ4v) is 5.45. The molecule has 9 heteroatoms. The van der Waals surface area contributed by atoms with Gasteiger partial charge in [0.1, 0.15) is 0 Å².